The van der Waals surface area contributed by atoms with E-state index in [2.05, 4.69) is 62.2 Å². The van der Waals surface area contributed by atoms with Crippen molar-refractivity contribution < 1.29 is 4.74 Å². The van der Waals surface area contributed by atoms with Gasteiger partial charge < -0.3 is 10.1 Å². The number of nitrogens with one attached hydrogen (secondary N) is 1. The van der Waals surface area contributed by atoms with Crippen molar-refractivity contribution in [2.24, 2.45) is 0 Å². The van der Waals surface area contributed by atoms with E-state index in [1.54, 1.807) is 7.11 Å². The Kier molecular flexibility index (Phi) is 7.94. The molecule has 0 amide bonds. The molecule has 3 heteroatoms. The van der Waals surface area contributed by atoms with E-state index < -0.39 is 0 Å². The molecule has 0 fully saturated rings. The second-order valence-corrected chi connectivity index (χ2v) is 5.91. The van der Waals surface area contributed by atoms with E-state index in [4.69, 9.17) is 4.74 Å². The second kappa shape index (κ2) is 9.19. The molecule has 0 saturated carbocycles. The summed E-state index contributed by atoms with van der Waals surface area (Å²) in [6.07, 6.45) is 1.15. The predicted molar refractivity (Wildman–Crippen MR) is 90.8 cm³/mol. The first-order chi connectivity index (χ1) is 10.0. The molecule has 0 spiro atoms. The zero-order valence-corrected chi connectivity index (χ0v) is 14.5. The first kappa shape index (κ1) is 18.1. The highest BCUT2D eigenvalue weighted by Gasteiger charge is 2.26. The average molecular weight is 292 g/mol. The molecule has 120 valence electrons. The van der Waals surface area contributed by atoms with Gasteiger partial charge in [0, 0.05) is 31.8 Å². The van der Waals surface area contributed by atoms with E-state index in [1.807, 2.05) is 7.05 Å². The Morgan fingerprint density at radius 3 is 2.29 bits per heavy atom. The quantitative estimate of drug-likeness (QED) is 0.755. The number of aryl methyl sites for hydroxylation is 1. The van der Waals surface area contributed by atoms with Crippen LogP contribution in [0.25, 0.3) is 0 Å². The fraction of sp³-hybridized carbons (Fsp3) is 0.667. The predicted octanol–water partition coefficient (Wildman–Crippen LogP) is 3.39. The summed E-state index contributed by atoms with van der Waals surface area (Å²) < 4.78 is 5.29. The SMILES string of the molecule is CCC(C)N(CCOC)C(C)C(NC)c1ccc(C)cc1. The van der Waals surface area contributed by atoms with Crippen molar-refractivity contribution in [3.05, 3.63) is 35.4 Å². The van der Waals surface area contributed by atoms with E-state index >= 15 is 0 Å². The van der Waals surface area contributed by atoms with Crippen LogP contribution in [0, 0.1) is 6.92 Å². The number of ether oxygens (including phenoxy) is 1. The molecular formula is C18H32N2O. The number of hydrogen-bond donors (Lipinski definition) is 1. The normalized spacial score (nSPS) is 16.0. The van der Waals surface area contributed by atoms with Crippen LogP contribution >= 0.6 is 0 Å². The van der Waals surface area contributed by atoms with Crippen molar-refractivity contribution >= 4 is 0 Å². The molecule has 3 nitrogen and oxygen atoms in total. The van der Waals surface area contributed by atoms with Crippen LogP contribution in [-0.2, 0) is 4.74 Å². The van der Waals surface area contributed by atoms with Crippen LogP contribution in [-0.4, -0.2) is 44.3 Å². The third-order valence-electron chi connectivity index (χ3n) is 4.46. The molecule has 0 bridgehead atoms. The summed E-state index contributed by atoms with van der Waals surface area (Å²) >= 11 is 0. The Hall–Kier alpha value is -0.900. The molecule has 0 aliphatic rings. The van der Waals surface area contributed by atoms with Crippen LogP contribution in [0.4, 0.5) is 0 Å². The van der Waals surface area contributed by atoms with Crippen LogP contribution in [0.1, 0.15) is 44.4 Å². The summed E-state index contributed by atoms with van der Waals surface area (Å²) in [7, 11) is 3.82. The van der Waals surface area contributed by atoms with Gasteiger partial charge in [-0.15, -0.1) is 0 Å². The van der Waals surface area contributed by atoms with Gasteiger partial charge in [-0.05, 0) is 39.8 Å². The second-order valence-electron chi connectivity index (χ2n) is 5.91. The minimum atomic E-state index is 0.330. The standard InChI is InChI=1S/C18H32N2O/c1-7-15(3)20(12-13-21-6)16(4)18(19-5)17-10-8-14(2)9-11-17/h8-11,15-16,18-19H,7,12-13H2,1-6H3. The lowest BCUT2D eigenvalue weighted by Gasteiger charge is -2.38. The van der Waals surface area contributed by atoms with Gasteiger partial charge in [-0.2, -0.15) is 0 Å². The summed E-state index contributed by atoms with van der Waals surface area (Å²) in [6.45, 7) is 10.7. The maximum absolute atomic E-state index is 5.29. The third kappa shape index (κ3) is 5.10. The Bertz CT molecular complexity index is 391. The number of methoxy groups -OCH3 is 1. The van der Waals surface area contributed by atoms with Crippen molar-refractivity contribution in [2.75, 3.05) is 27.3 Å². The molecule has 1 aromatic rings. The van der Waals surface area contributed by atoms with Crippen molar-refractivity contribution in [1.29, 1.82) is 0 Å². The molecule has 0 heterocycles. The van der Waals surface area contributed by atoms with Crippen molar-refractivity contribution in [2.45, 2.75) is 52.2 Å². The van der Waals surface area contributed by atoms with Gasteiger partial charge in [0.25, 0.3) is 0 Å². The Balaban J connectivity index is 2.91. The van der Waals surface area contributed by atoms with Gasteiger partial charge in [0.2, 0.25) is 0 Å². The monoisotopic (exact) mass is 292 g/mol. The van der Waals surface area contributed by atoms with Gasteiger partial charge in [-0.25, -0.2) is 0 Å². The largest absolute Gasteiger partial charge is 0.383 e. The number of nitrogens with zero attached hydrogens (tertiary/aromatic N) is 1. The van der Waals surface area contributed by atoms with E-state index in [-0.39, 0.29) is 0 Å². The first-order valence-corrected chi connectivity index (χ1v) is 8.03. The third-order valence-corrected chi connectivity index (χ3v) is 4.46. The van der Waals surface area contributed by atoms with Crippen LogP contribution in [0.5, 0.6) is 0 Å². The smallest absolute Gasteiger partial charge is 0.0589 e. The van der Waals surface area contributed by atoms with Crippen LogP contribution in [0.3, 0.4) is 0 Å². The van der Waals surface area contributed by atoms with Gasteiger partial charge in [0.15, 0.2) is 0 Å². The van der Waals surface area contributed by atoms with Crippen LogP contribution in [0.15, 0.2) is 24.3 Å². The van der Waals surface area contributed by atoms with E-state index in [1.165, 1.54) is 11.1 Å². The van der Waals surface area contributed by atoms with Gasteiger partial charge >= 0.3 is 0 Å². The van der Waals surface area contributed by atoms with E-state index in [0.29, 0.717) is 18.1 Å². The highest BCUT2D eigenvalue weighted by Crippen LogP contribution is 2.23. The van der Waals surface area contributed by atoms with Gasteiger partial charge in [-0.1, -0.05) is 36.8 Å². The highest BCUT2D eigenvalue weighted by atomic mass is 16.5. The molecule has 0 radical (unpaired) electrons. The zero-order chi connectivity index (χ0) is 15.8. The fourth-order valence-electron chi connectivity index (χ4n) is 2.91. The minimum Gasteiger partial charge on any atom is -0.383 e. The molecule has 3 atom stereocenters. The van der Waals surface area contributed by atoms with E-state index in [9.17, 15) is 0 Å². The topological polar surface area (TPSA) is 24.5 Å². The molecule has 0 aromatic heterocycles. The molecule has 0 aliphatic carbocycles. The average Bonchev–Trinajstić information content (AvgIpc) is 2.50. The van der Waals surface area contributed by atoms with Crippen LogP contribution in [0.2, 0.25) is 0 Å². The molecular weight excluding hydrogens is 260 g/mol. The summed E-state index contributed by atoms with van der Waals surface area (Å²) in [4.78, 5) is 2.55. The fourth-order valence-corrected chi connectivity index (χ4v) is 2.91. The number of hydrogen-bond acceptors (Lipinski definition) is 3. The Labute approximate surface area is 130 Å². The summed E-state index contributed by atoms with van der Waals surface area (Å²) in [5, 5.41) is 3.49. The summed E-state index contributed by atoms with van der Waals surface area (Å²) in [5.74, 6) is 0. The van der Waals surface area contributed by atoms with Crippen molar-refractivity contribution in [3.8, 4) is 0 Å². The molecule has 1 aromatic carbocycles. The van der Waals surface area contributed by atoms with Crippen molar-refractivity contribution in [3.63, 3.8) is 0 Å². The molecule has 3 unspecified atom stereocenters. The Morgan fingerprint density at radius 1 is 1.19 bits per heavy atom. The maximum atomic E-state index is 5.29. The van der Waals surface area contributed by atoms with Gasteiger partial charge in [0.05, 0.1) is 6.61 Å². The molecule has 0 aliphatic heterocycles. The lowest BCUT2D eigenvalue weighted by Crippen LogP contribution is -2.47. The minimum absolute atomic E-state index is 0.330. The zero-order valence-electron chi connectivity index (χ0n) is 14.5. The lowest BCUT2D eigenvalue weighted by atomic mass is 9.97. The number of likely N-dealkylation sites (N-methyl/N-ethyl adjacent to an activating group) is 1. The van der Waals surface area contributed by atoms with Crippen molar-refractivity contribution in [1.82, 2.24) is 10.2 Å². The Morgan fingerprint density at radius 2 is 1.81 bits per heavy atom. The summed E-state index contributed by atoms with van der Waals surface area (Å²) in [6, 6.07) is 10.1. The maximum Gasteiger partial charge on any atom is 0.0589 e. The molecule has 1 rings (SSSR count). The van der Waals surface area contributed by atoms with E-state index in [0.717, 1.165) is 19.6 Å². The summed E-state index contributed by atoms with van der Waals surface area (Å²) in [5.41, 5.74) is 2.65. The lowest BCUT2D eigenvalue weighted by molar-refractivity contribution is 0.0789. The molecule has 0 saturated heterocycles. The number of rotatable bonds is 9. The van der Waals surface area contributed by atoms with Crippen LogP contribution < -0.4 is 5.32 Å². The van der Waals surface area contributed by atoms with Gasteiger partial charge in [-0.3, -0.25) is 4.90 Å². The van der Waals surface area contributed by atoms with Gasteiger partial charge in [0.1, 0.15) is 0 Å². The molecule has 21 heavy (non-hydrogen) atoms. The molecule has 1 N–H and O–H groups in total. The number of benzene rings is 1. The first-order valence-electron chi connectivity index (χ1n) is 8.03. The highest BCUT2D eigenvalue weighted by molar-refractivity contribution is 5.25.